The topological polar surface area (TPSA) is 66.6 Å². The van der Waals surface area contributed by atoms with Crippen LogP contribution in [0.2, 0.25) is 0 Å². The molecule has 1 fully saturated rings. The van der Waals surface area contributed by atoms with Crippen molar-refractivity contribution in [3.05, 3.63) is 42.3 Å². The van der Waals surface area contributed by atoms with Gasteiger partial charge < -0.3 is 9.52 Å². The first kappa shape index (κ1) is 16.1. The van der Waals surface area contributed by atoms with Crippen LogP contribution in [0, 0.1) is 5.92 Å². The van der Waals surface area contributed by atoms with Gasteiger partial charge in [-0.05, 0) is 55.8 Å². The van der Waals surface area contributed by atoms with Crippen molar-refractivity contribution in [2.75, 3.05) is 6.54 Å². The van der Waals surface area contributed by atoms with Crippen LogP contribution >= 0.6 is 11.8 Å². The molecule has 2 unspecified atom stereocenters. The predicted molar refractivity (Wildman–Crippen MR) is 87.3 cm³/mol. The summed E-state index contributed by atoms with van der Waals surface area (Å²) in [5.74, 6) is -0.113. The van der Waals surface area contributed by atoms with Gasteiger partial charge in [-0.2, -0.15) is 0 Å². The van der Waals surface area contributed by atoms with Gasteiger partial charge in [-0.25, -0.2) is 4.98 Å². The SMILES string of the molecule is CC1CCC(C(=O)O)CN1Cc1ccc(Sc2ccccn2)o1. The van der Waals surface area contributed by atoms with Crippen LogP contribution in [0.3, 0.4) is 0 Å². The zero-order chi connectivity index (χ0) is 16.2. The summed E-state index contributed by atoms with van der Waals surface area (Å²) in [5.41, 5.74) is 0. The lowest BCUT2D eigenvalue weighted by molar-refractivity contribution is -0.144. The summed E-state index contributed by atoms with van der Waals surface area (Å²) in [7, 11) is 0. The van der Waals surface area contributed by atoms with E-state index in [0.717, 1.165) is 28.7 Å². The Bertz CT molecular complexity index is 659. The lowest BCUT2D eigenvalue weighted by Crippen LogP contribution is -2.43. The van der Waals surface area contributed by atoms with E-state index in [1.165, 1.54) is 11.8 Å². The second-order valence-corrected chi connectivity index (χ2v) is 6.91. The summed E-state index contributed by atoms with van der Waals surface area (Å²) in [4.78, 5) is 17.7. The van der Waals surface area contributed by atoms with Crippen LogP contribution in [0.25, 0.3) is 0 Å². The van der Waals surface area contributed by atoms with Crippen molar-refractivity contribution < 1.29 is 14.3 Å². The minimum atomic E-state index is -0.701. The van der Waals surface area contributed by atoms with Gasteiger partial charge in [0.2, 0.25) is 0 Å². The molecule has 0 aliphatic carbocycles. The fourth-order valence-electron chi connectivity index (χ4n) is 2.81. The number of carboxylic acids is 1. The Morgan fingerprint density at radius 2 is 2.26 bits per heavy atom. The molecule has 0 amide bonds. The van der Waals surface area contributed by atoms with E-state index in [1.54, 1.807) is 6.20 Å². The highest BCUT2D eigenvalue weighted by Gasteiger charge is 2.30. The number of pyridine rings is 1. The number of hydrogen-bond acceptors (Lipinski definition) is 5. The van der Waals surface area contributed by atoms with Crippen molar-refractivity contribution in [3.63, 3.8) is 0 Å². The zero-order valence-corrected chi connectivity index (χ0v) is 13.8. The van der Waals surface area contributed by atoms with E-state index in [1.807, 2.05) is 30.3 Å². The van der Waals surface area contributed by atoms with Crippen LogP contribution in [-0.2, 0) is 11.3 Å². The predicted octanol–water partition coefficient (Wildman–Crippen LogP) is 3.51. The minimum absolute atomic E-state index is 0.275. The number of rotatable bonds is 5. The van der Waals surface area contributed by atoms with E-state index in [2.05, 4.69) is 16.8 Å². The third-order valence-electron chi connectivity index (χ3n) is 4.20. The van der Waals surface area contributed by atoms with E-state index in [4.69, 9.17) is 4.42 Å². The van der Waals surface area contributed by atoms with Crippen LogP contribution in [0.1, 0.15) is 25.5 Å². The minimum Gasteiger partial charge on any atom is -0.481 e. The normalized spacial score (nSPS) is 22.1. The zero-order valence-electron chi connectivity index (χ0n) is 13.0. The first-order chi connectivity index (χ1) is 11.1. The maximum atomic E-state index is 11.2. The van der Waals surface area contributed by atoms with Crippen LogP contribution in [-0.4, -0.2) is 33.5 Å². The van der Waals surface area contributed by atoms with Gasteiger partial charge in [0.15, 0.2) is 5.09 Å². The number of likely N-dealkylation sites (tertiary alicyclic amines) is 1. The van der Waals surface area contributed by atoms with Crippen LogP contribution in [0.4, 0.5) is 0 Å². The summed E-state index contributed by atoms with van der Waals surface area (Å²) >= 11 is 1.49. The number of hydrogen-bond donors (Lipinski definition) is 1. The molecule has 122 valence electrons. The molecule has 5 nitrogen and oxygen atoms in total. The molecule has 3 heterocycles. The molecule has 2 atom stereocenters. The van der Waals surface area contributed by atoms with Crippen molar-refractivity contribution in [2.24, 2.45) is 5.92 Å². The summed E-state index contributed by atoms with van der Waals surface area (Å²) in [5, 5.41) is 10.9. The molecule has 3 rings (SSSR count). The Labute approximate surface area is 139 Å². The third kappa shape index (κ3) is 4.14. The smallest absolute Gasteiger partial charge is 0.307 e. The maximum absolute atomic E-state index is 11.2. The van der Waals surface area contributed by atoms with Gasteiger partial charge in [-0.1, -0.05) is 6.07 Å². The molecule has 0 radical (unpaired) electrons. The number of carbonyl (C=O) groups is 1. The Balaban J connectivity index is 1.63. The number of aromatic nitrogens is 1. The summed E-state index contributed by atoms with van der Waals surface area (Å²) in [6, 6.07) is 10.1. The molecule has 1 aliphatic heterocycles. The van der Waals surface area contributed by atoms with E-state index < -0.39 is 5.97 Å². The summed E-state index contributed by atoms with van der Waals surface area (Å²) < 4.78 is 5.87. The maximum Gasteiger partial charge on any atom is 0.307 e. The molecule has 0 spiro atoms. The van der Waals surface area contributed by atoms with Crippen LogP contribution in [0.5, 0.6) is 0 Å². The second-order valence-electron chi connectivity index (χ2n) is 5.88. The van der Waals surface area contributed by atoms with E-state index >= 15 is 0 Å². The Hall–Kier alpha value is -1.79. The molecular weight excluding hydrogens is 312 g/mol. The van der Waals surface area contributed by atoms with Gasteiger partial charge in [0.1, 0.15) is 10.8 Å². The molecule has 1 aliphatic rings. The summed E-state index contributed by atoms with van der Waals surface area (Å²) in [6.45, 7) is 3.37. The quantitative estimate of drug-likeness (QED) is 0.904. The lowest BCUT2D eigenvalue weighted by Gasteiger charge is -2.35. The number of nitrogens with zero attached hydrogens (tertiary/aromatic N) is 2. The average Bonchev–Trinajstić information content (AvgIpc) is 2.97. The number of furan rings is 1. The van der Waals surface area contributed by atoms with Gasteiger partial charge in [0.25, 0.3) is 0 Å². The Morgan fingerprint density at radius 3 is 3.00 bits per heavy atom. The fraction of sp³-hybridized carbons (Fsp3) is 0.412. The molecule has 1 N–H and O–H groups in total. The van der Waals surface area contributed by atoms with E-state index in [-0.39, 0.29) is 5.92 Å². The standard InChI is InChI=1S/C17H20N2O3S/c1-12-5-6-13(17(20)21)10-19(12)11-14-7-8-16(22-14)23-15-4-2-3-9-18-15/h2-4,7-9,12-13H,5-6,10-11H2,1H3,(H,20,21). The highest BCUT2D eigenvalue weighted by atomic mass is 32.2. The number of carboxylic acid groups (broad SMARTS) is 1. The van der Waals surface area contributed by atoms with Gasteiger partial charge >= 0.3 is 5.97 Å². The molecule has 2 aromatic rings. The van der Waals surface area contributed by atoms with E-state index in [0.29, 0.717) is 19.1 Å². The van der Waals surface area contributed by atoms with Crippen molar-refractivity contribution in [1.29, 1.82) is 0 Å². The lowest BCUT2D eigenvalue weighted by atomic mass is 9.93. The van der Waals surface area contributed by atoms with Crippen molar-refractivity contribution in [3.8, 4) is 0 Å². The molecule has 6 heteroatoms. The highest BCUT2D eigenvalue weighted by Crippen LogP contribution is 2.29. The molecule has 1 saturated heterocycles. The number of piperidine rings is 1. The van der Waals surface area contributed by atoms with E-state index in [9.17, 15) is 9.90 Å². The van der Waals surface area contributed by atoms with Crippen LogP contribution < -0.4 is 0 Å². The van der Waals surface area contributed by atoms with Crippen molar-refractivity contribution >= 4 is 17.7 Å². The molecular formula is C17H20N2O3S. The molecule has 23 heavy (non-hydrogen) atoms. The monoisotopic (exact) mass is 332 g/mol. The largest absolute Gasteiger partial charge is 0.481 e. The van der Waals surface area contributed by atoms with Crippen molar-refractivity contribution in [2.45, 2.75) is 42.5 Å². The Morgan fingerprint density at radius 1 is 1.39 bits per heavy atom. The number of aliphatic carboxylic acids is 1. The first-order valence-corrected chi connectivity index (χ1v) is 8.58. The second kappa shape index (κ2) is 7.19. The van der Waals surface area contributed by atoms with Gasteiger partial charge in [-0.3, -0.25) is 9.69 Å². The average molecular weight is 332 g/mol. The molecule has 0 aromatic carbocycles. The van der Waals surface area contributed by atoms with Gasteiger partial charge in [-0.15, -0.1) is 0 Å². The highest BCUT2D eigenvalue weighted by molar-refractivity contribution is 7.99. The third-order valence-corrected chi connectivity index (χ3v) is 5.07. The van der Waals surface area contributed by atoms with Gasteiger partial charge in [0, 0.05) is 18.8 Å². The van der Waals surface area contributed by atoms with Gasteiger partial charge in [0.05, 0.1) is 12.5 Å². The van der Waals surface area contributed by atoms with Crippen molar-refractivity contribution in [1.82, 2.24) is 9.88 Å². The first-order valence-electron chi connectivity index (χ1n) is 7.76. The molecule has 0 saturated carbocycles. The Kier molecular flexibility index (Phi) is 5.03. The fourth-order valence-corrected chi connectivity index (χ4v) is 3.56. The molecule has 0 bridgehead atoms. The molecule has 2 aromatic heterocycles. The van der Waals surface area contributed by atoms with Crippen LogP contribution in [0.15, 0.2) is 51.1 Å². The summed E-state index contributed by atoms with van der Waals surface area (Å²) in [6.07, 6.45) is 3.42.